The van der Waals surface area contributed by atoms with Gasteiger partial charge in [-0.15, -0.1) is 0 Å². The number of pyridine rings is 1. The zero-order chi connectivity index (χ0) is 23.8. The summed E-state index contributed by atoms with van der Waals surface area (Å²) in [6.07, 6.45) is 2.02. The monoisotopic (exact) mass is 464 g/mol. The van der Waals surface area contributed by atoms with Gasteiger partial charge >= 0.3 is 5.63 Å². The molecule has 5 rings (SSSR count). The number of ether oxygens (including phenoxy) is 2. The Bertz CT molecular complexity index is 1500. The summed E-state index contributed by atoms with van der Waals surface area (Å²) in [5.74, 6) is 0.672. The number of methoxy groups -OCH3 is 1. The minimum atomic E-state index is -0.477. The van der Waals surface area contributed by atoms with Crippen molar-refractivity contribution in [2.45, 2.75) is 26.0 Å². The largest absolute Gasteiger partial charge is 0.488 e. The lowest BCUT2D eigenvalue weighted by Gasteiger charge is -2.18. The van der Waals surface area contributed by atoms with Gasteiger partial charge in [0.25, 0.3) is 11.5 Å². The van der Waals surface area contributed by atoms with Crippen LogP contribution in [0.4, 0.5) is 0 Å². The van der Waals surface area contributed by atoms with E-state index in [1.54, 1.807) is 54.0 Å². The number of fused-ring (bicyclic) bond motifs is 2. The molecule has 0 spiro atoms. The van der Waals surface area contributed by atoms with E-state index in [0.717, 1.165) is 0 Å². The lowest BCUT2D eigenvalue weighted by molar-refractivity contribution is 0.0759. The van der Waals surface area contributed by atoms with E-state index in [9.17, 15) is 14.4 Å². The van der Waals surface area contributed by atoms with Crippen LogP contribution in [0.5, 0.6) is 5.75 Å². The van der Waals surface area contributed by atoms with Crippen LogP contribution in [-0.2, 0) is 11.3 Å². The van der Waals surface area contributed by atoms with Crippen LogP contribution in [0.25, 0.3) is 16.7 Å². The molecule has 1 amide bonds. The minimum Gasteiger partial charge on any atom is -0.488 e. The lowest BCUT2D eigenvalue weighted by atomic mass is 10.3. The molecule has 1 aliphatic heterocycles. The van der Waals surface area contributed by atoms with Crippen molar-refractivity contribution < 1.29 is 18.7 Å². The van der Waals surface area contributed by atoms with Crippen LogP contribution >= 0.6 is 0 Å². The van der Waals surface area contributed by atoms with E-state index >= 15 is 0 Å². The number of hydrogen-bond donors (Lipinski definition) is 0. The molecule has 1 aliphatic rings. The highest BCUT2D eigenvalue weighted by Crippen LogP contribution is 2.23. The smallest absolute Gasteiger partial charge is 0.339 e. The van der Waals surface area contributed by atoms with Gasteiger partial charge < -0.3 is 23.4 Å². The molecule has 1 atom stereocenters. The molecule has 1 unspecified atom stereocenters. The van der Waals surface area contributed by atoms with Crippen molar-refractivity contribution in [2.75, 3.05) is 26.8 Å². The molecule has 176 valence electrons. The van der Waals surface area contributed by atoms with Crippen molar-refractivity contribution in [2.24, 2.45) is 0 Å². The van der Waals surface area contributed by atoms with E-state index < -0.39 is 5.63 Å². The van der Waals surface area contributed by atoms with Crippen molar-refractivity contribution in [1.82, 2.24) is 18.9 Å². The summed E-state index contributed by atoms with van der Waals surface area (Å²) in [6.45, 7) is 3.27. The van der Waals surface area contributed by atoms with Crippen LogP contribution in [0.1, 0.15) is 22.7 Å². The first-order valence-electron chi connectivity index (χ1n) is 11.0. The second kappa shape index (κ2) is 8.79. The Morgan fingerprint density at radius 3 is 2.88 bits per heavy atom. The molecule has 5 heterocycles. The zero-order valence-electron chi connectivity index (χ0n) is 18.9. The molecule has 10 heteroatoms. The number of rotatable bonds is 6. The van der Waals surface area contributed by atoms with Gasteiger partial charge in [-0.1, -0.05) is 6.07 Å². The van der Waals surface area contributed by atoms with Crippen molar-refractivity contribution in [3.8, 4) is 5.75 Å². The third-order valence-electron chi connectivity index (χ3n) is 5.92. The molecule has 0 radical (unpaired) electrons. The quantitative estimate of drug-likeness (QED) is 0.428. The summed E-state index contributed by atoms with van der Waals surface area (Å²) in [5, 5.41) is 0.377. The van der Waals surface area contributed by atoms with Gasteiger partial charge in [0.2, 0.25) is 0 Å². The van der Waals surface area contributed by atoms with Crippen LogP contribution in [0.2, 0.25) is 0 Å². The summed E-state index contributed by atoms with van der Waals surface area (Å²) in [5.41, 5.74) is 0.633. The molecule has 0 saturated carbocycles. The average molecular weight is 464 g/mol. The van der Waals surface area contributed by atoms with Crippen LogP contribution in [0.3, 0.4) is 0 Å². The normalized spacial score (nSPS) is 15.9. The van der Waals surface area contributed by atoms with Gasteiger partial charge in [-0.2, -0.15) is 0 Å². The number of likely N-dealkylation sites (tertiary alicyclic amines) is 1. The molecular formula is C24H24N4O6. The standard InChI is InChI=1S/C24H24N4O6/c1-15-11-17(12-21(29)33-15)34-16-6-8-26(14-16)24(31)19-13-18-22(27(19)9-10-32-2)25-20-5-3-4-7-28(20)23(18)30/h3-5,7,11-13,16H,6,8-10,14H2,1-2H3. The van der Waals surface area contributed by atoms with Gasteiger partial charge in [-0.3, -0.25) is 14.0 Å². The van der Waals surface area contributed by atoms with Crippen LogP contribution < -0.4 is 15.9 Å². The molecule has 0 aliphatic carbocycles. The van der Waals surface area contributed by atoms with Crippen molar-refractivity contribution in [3.05, 3.63) is 74.8 Å². The summed E-state index contributed by atoms with van der Waals surface area (Å²) in [4.78, 5) is 44.5. The first kappa shape index (κ1) is 21.9. The Morgan fingerprint density at radius 2 is 2.09 bits per heavy atom. The molecule has 10 nitrogen and oxygen atoms in total. The van der Waals surface area contributed by atoms with Crippen LogP contribution in [0, 0.1) is 6.92 Å². The highest BCUT2D eigenvalue weighted by molar-refractivity contribution is 5.98. The number of carbonyl (C=O) groups excluding carboxylic acids is 1. The maximum absolute atomic E-state index is 13.5. The Hall–Kier alpha value is -3.92. The molecular weight excluding hydrogens is 440 g/mol. The molecule has 34 heavy (non-hydrogen) atoms. The minimum absolute atomic E-state index is 0.211. The van der Waals surface area contributed by atoms with E-state index in [1.165, 1.54) is 10.5 Å². The zero-order valence-corrected chi connectivity index (χ0v) is 18.9. The van der Waals surface area contributed by atoms with E-state index in [1.807, 2.05) is 6.07 Å². The fourth-order valence-electron chi connectivity index (χ4n) is 4.35. The van der Waals surface area contributed by atoms with Gasteiger partial charge in [0, 0.05) is 38.9 Å². The Balaban J connectivity index is 1.46. The first-order valence-corrected chi connectivity index (χ1v) is 11.0. The van der Waals surface area contributed by atoms with E-state index in [2.05, 4.69) is 4.98 Å². The fraction of sp³-hybridized carbons (Fsp3) is 0.333. The third kappa shape index (κ3) is 3.96. The van der Waals surface area contributed by atoms with Gasteiger partial charge in [0.15, 0.2) is 0 Å². The van der Waals surface area contributed by atoms with E-state index in [4.69, 9.17) is 13.9 Å². The van der Waals surface area contributed by atoms with Gasteiger partial charge in [-0.25, -0.2) is 9.78 Å². The number of amides is 1. The highest BCUT2D eigenvalue weighted by atomic mass is 16.5. The van der Waals surface area contributed by atoms with Crippen molar-refractivity contribution >= 4 is 22.6 Å². The third-order valence-corrected chi connectivity index (χ3v) is 5.92. The SMILES string of the molecule is COCCn1c(C(=O)N2CCC(Oc3cc(C)oc(=O)c3)C2)cc2c(=O)n3ccccc3nc21. The Morgan fingerprint density at radius 1 is 1.24 bits per heavy atom. The van der Waals surface area contributed by atoms with Gasteiger partial charge in [0.1, 0.15) is 34.6 Å². The number of aromatic nitrogens is 3. The maximum Gasteiger partial charge on any atom is 0.339 e. The lowest BCUT2D eigenvalue weighted by Crippen LogP contribution is -2.32. The molecule has 1 saturated heterocycles. The molecule has 0 bridgehead atoms. The van der Waals surface area contributed by atoms with Gasteiger partial charge in [-0.05, 0) is 25.1 Å². The second-order valence-electron chi connectivity index (χ2n) is 8.26. The molecule has 4 aromatic rings. The number of nitrogens with zero attached hydrogens (tertiary/aromatic N) is 4. The fourth-order valence-corrected chi connectivity index (χ4v) is 4.35. The summed E-state index contributed by atoms with van der Waals surface area (Å²) in [6, 6.07) is 9.89. The predicted octanol–water partition coefficient (Wildman–Crippen LogP) is 1.85. The predicted molar refractivity (Wildman–Crippen MR) is 123 cm³/mol. The average Bonchev–Trinajstić information content (AvgIpc) is 3.42. The number of aryl methyl sites for hydroxylation is 1. The summed E-state index contributed by atoms with van der Waals surface area (Å²) in [7, 11) is 1.58. The summed E-state index contributed by atoms with van der Waals surface area (Å²) < 4.78 is 19.3. The molecule has 1 fully saturated rings. The topological polar surface area (TPSA) is 108 Å². The Kier molecular flexibility index (Phi) is 5.66. The number of hydrogen-bond acceptors (Lipinski definition) is 7. The number of carbonyl (C=O) groups is 1. The summed E-state index contributed by atoms with van der Waals surface area (Å²) >= 11 is 0. The van der Waals surface area contributed by atoms with Crippen molar-refractivity contribution in [1.29, 1.82) is 0 Å². The first-order chi connectivity index (χ1) is 16.4. The van der Waals surface area contributed by atoms with E-state index in [0.29, 0.717) is 66.5 Å². The van der Waals surface area contributed by atoms with Crippen molar-refractivity contribution in [3.63, 3.8) is 0 Å². The Labute approximate surface area is 193 Å². The van der Waals surface area contributed by atoms with E-state index in [-0.39, 0.29) is 17.6 Å². The molecule has 4 aromatic heterocycles. The maximum atomic E-state index is 13.5. The molecule has 0 aromatic carbocycles. The second-order valence-corrected chi connectivity index (χ2v) is 8.26. The van der Waals surface area contributed by atoms with Crippen LogP contribution in [0.15, 0.2) is 56.6 Å². The molecule has 0 N–H and O–H groups in total. The highest BCUT2D eigenvalue weighted by Gasteiger charge is 2.31. The van der Waals surface area contributed by atoms with Crippen LogP contribution in [-0.4, -0.2) is 57.7 Å². The van der Waals surface area contributed by atoms with Gasteiger partial charge in [0.05, 0.1) is 24.6 Å².